The molecule has 2 atom stereocenters. The molecule has 0 aliphatic heterocycles. The maximum absolute atomic E-state index is 9.47. The molecule has 0 aromatic rings. The second kappa shape index (κ2) is 5.18. The first kappa shape index (κ1) is 9.57. The van der Waals surface area contributed by atoms with Gasteiger partial charge in [0.2, 0.25) is 0 Å². The Morgan fingerprint density at radius 1 is 1.50 bits per heavy atom. The number of rotatable bonds is 3. The Labute approximate surface area is 74.4 Å². The van der Waals surface area contributed by atoms with Gasteiger partial charge in [-0.15, -0.1) is 5.92 Å². The molecule has 0 saturated heterocycles. The van der Waals surface area contributed by atoms with Crippen LogP contribution in [0.3, 0.4) is 0 Å². The van der Waals surface area contributed by atoms with Crippen LogP contribution < -0.4 is 5.32 Å². The zero-order valence-electron chi connectivity index (χ0n) is 7.64. The second-order valence-electron chi connectivity index (χ2n) is 3.32. The standard InChI is InChI=1S/C10H17NO/c1-2-3-7-11-8-9-5-4-6-10(9)12/h9-12H,4-8H2,1H3. The molecule has 68 valence electrons. The summed E-state index contributed by atoms with van der Waals surface area (Å²) in [6.07, 6.45) is 3.24. The molecular formula is C10H17NO. The molecule has 0 aromatic carbocycles. The van der Waals surface area contributed by atoms with Crippen LogP contribution in [-0.4, -0.2) is 24.3 Å². The summed E-state index contributed by atoms with van der Waals surface area (Å²) < 4.78 is 0. The third-order valence-corrected chi connectivity index (χ3v) is 2.42. The van der Waals surface area contributed by atoms with E-state index in [1.54, 1.807) is 0 Å². The fourth-order valence-electron chi connectivity index (χ4n) is 1.66. The van der Waals surface area contributed by atoms with E-state index in [2.05, 4.69) is 17.2 Å². The van der Waals surface area contributed by atoms with E-state index in [9.17, 15) is 5.11 Å². The van der Waals surface area contributed by atoms with Crippen LogP contribution in [-0.2, 0) is 0 Å². The molecule has 1 saturated carbocycles. The van der Waals surface area contributed by atoms with Crippen molar-refractivity contribution in [1.29, 1.82) is 0 Å². The van der Waals surface area contributed by atoms with Gasteiger partial charge in [0.1, 0.15) is 0 Å². The number of hydrogen-bond donors (Lipinski definition) is 2. The first-order chi connectivity index (χ1) is 5.84. The SMILES string of the molecule is CC#CCNCC1CCCC1O. The minimum absolute atomic E-state index is 0.0768. The van der Waals surface area contributed by atoms with Crippen molar-refractivity contribution < 1.29 is 5.11 Å². The average Bonchev–Trinajstić information content (AvgIpc) is 2.46. The quantitative estimate of drug-likeness (QED) is 0.480. The molecular weight excluding hydrogens is 150 g/mol. The summed E-state index contributed by atoms with van der Waals surface area (Å²) in [5.74, 6) is 6.24. The minimum Gasteiger partial charge on any atom is -0.393 e. The number of nitrogens with one attached hydrogen (secondary N) is 1. The molecule has 1 aliphatic carbocycles. The van der Waals surface area contributed by atoms with Crippen LogP contribution in [0.5, 0.6) is 0 Å². The molecule has 2 heteroatoms. The van der Waals surface area contributed by atoms with Crippen molar-refractivity contribution >= 4 is 0 Å². The smallest absolute Gasteiger partial charge is 0.0580 e. The van der Waals surface area contributed by atoms with Gasteiger partial charge in [-0.2, -0.15) is 0 Å². The van der Waals surface area contributed by atoms with Gasteiger partial charge in [0.25, 0.3) is 0 Å². The number of aliphatic hydroxyl groups excluding tert-OH is 1. The molecule has 12 heavy (non-hydrogen) atoms. The van der Waals surface area contributed by atoms with E-state index in [4.69, 9.17) is 0 Å². The maximum Gasteiger partial charge on any atom is 0.0580 e. The van der Waals surface area contributed by atoms with Crippen LogP contribution >= 0.6 is 0 Å². The molecule has 2 nitrogen and oxygen atoms in total. The summed E-state index contributed by atoms with van der Waals surface area (Å²) in [7, 11) is 0. The van der Waals surface area contributed by atoms with Crippen LogP contribution in [0.1, 0.15) is 26.2 Å². The predicted octanol–water partition coefficient (Wildman–Crippen LogP) is 0.760. The van der Waals surface area contributed by atoms with E-state index in [0.29, 0.717) is 5.92 Å². The van der Waals surface area contributed by atoms with E-state index in [1.165, 1.54) is 6.42 Å². The molecule has 0 aromatic heterocycles. The van der Waals surface area contributed by atoms with Gasteiger partial charge in [0.15, 0.2) is 0 Å². The van der Waals surface area contributed by atoms with E-state index in [1.807, 2.05) is 6.92 Å². The summed E-state index contributed by atoms with van der Waals surface area (Å²) in [5, 5.41) is 12.7. The lowest BCUT2D eigenvalue weighted by Gasteiger charge is -2.13. The molecule has 0 radical (unpaired) electrons. The Hall–Kier alpha value is -0.520. The molecule has 0 amide bonds. The minimum atomic E-state index is -0.0768. The molecule has 1 rings (SSSR count). The van der Waals surface area contributed by atoms with Crippen molar-refractivity contribution in [2.45, 2.75) is 32.3 Å². The summed E-state index contributed by atoms with van der Waals surface area (Å²) in [5.41, 5.74) is 0. The Morgan fingerprint density at radius 3 is 2.92 bits per heavy atom. The van der Waals surface area contributed by atoms with Gasteiger partial charge in [-0.3, -0.25) is 0 Å². The topological polar surface area (TPSA) is 32.3 Å². The first-order valence-corrected chi connectivity index (χ1v) is 4.63. The Balaban J connectivity index is 2.08. The van der Waals surface area contributed by atoms with Gasteiger partial charge >= 0.3 is 0 Å². The largest absolute Gasteiger partial charge is 0.393 e. The van der Waals surface area contributed by atoms with Crippen LogP contribution in [0.15, 0.2) is 0 Å². The van der Waals surface area contributed by atoms with Crippen LogP contribution in [0.25, 0.3) is 0 Å². The summed E-state index contributed by atoms with van der Waals surface area (Å²) >= 11 is 0. The van der Waals surface area contributed by atoms with Gasteiger partial charge in [-0.1, -0.05) is 12.3 Å². The molecule has 1 fully saturated rings. The normalized spacial score (nSPS) is 28.2. The lowest BCUT2D eigenvalue weighted by atomic mass is 10.1. The molecule has 1 aliphatic rings. The van der Waals surface area contributed by atoms with Crippen LogP contribution in [0.4, 0.5) is 0 Å². The second-order valence-corrected chi connectivity index (χ2v) is 3.32. The molecule has 0 bridgehead atoms. The Bertz CT molecular complexity index is 180. The molecule has 0 spiro atoms. The summed E-state index contributed by atoms with van der Waals surface area (Å²) in [6, 6.07) is 0. The summed E-state index contributed by atoms with van der Waals surface area (Å²) in [6.45, 7) is 3.50. The van der Waals surface area contributed by atoms with Crippen molar-refractivity contribution in [3.63, 3.8) is 0 Å². The molecule has 0 heterocycles. The zero-order chi connectivity index (χ0) is 8.81. The zero-order valence-corrected chi connectivity index (χ0v) is 7.64. The average molecular weight is 167 g/mol. The van der Waals surface area contributed by atoms with Crippen molar-refractivity contribution in [3.05, 3.63) is 0 Å². The fraction of sp³-hybridized carbons (Fsp3) is 0.800. The highest BCUT2D eigenvalue weighted by atomic mass is 16.3. The van der Waals surface area contributed by atoms with E-state index in [-0.39, 0.29) is 6.10 Å². The number of aliphatic hydroxyl groups is 1. The van der Waals surface area contributed by atoms with Gasteiger partial charge in [0.05, 0.1) is 12.6 Å². The van der Waals surface area contributed by atoms with Crippen molar-refractivity contribution in [1.82, 2.24) is 5.32 Å². The van der Waals surface area contributed by atoms with E-state index >= 15 is 0 Å². The van der Waals surface area contributed by atoms with Gasteiger partial charge in [-0.25, -0.2) is 0 Å². The monoisotopic (exact) mass is 167 g/mol. The van der Waals surface area contributed by atoms with Gasteiger partial charge in [0, 0.05) is 6.54 Å². The lowest BCUT2D eigenvalue weighted by molar-refractivity contribution is 0.132. The van der Waals surface area contributed by atoms with Crippen molar-refractivity contribution in [3.8, 4) is 11.8 Å². The van der Waals surface area contributed by atoms with Gasteiger partial charge < -0.3 is 10.4 Å². The fourth-order valence-corrected chi connectivity index (χ4v) is 1.66. The van der Waals surface area contributed by atoms with E-state index < -0.39 is 0 Å². The first-order valence-electron chi connectivity index (χ1n) is 4.63. The highest BCUT2D eigenvalue weighted by Gasteiger charge is 2.24. The summed E-state index contributed by atoms with van der Waals surface area (Å²) in [4.78, 5) is 0. The third kappa shape index (κ3) is 2.84. The van der Waals surface area contributed by atoms with Gasteiger partial charge in [-0.05, 0) is 25.7 Å². The predicted molar refractivity (Wildman–Crippen MR) is 49.7 cm³/mol. The highest BCUT2D eigenvalue weighted by Crippen LogP contribution is 2.24. The molecule has 2 N–H and O–H groups in total. The Kier molecular flexibility index (Phi) is 4.13. The highest BCUT2D eigenvalue weighted by molar-refractivity contribution is 4.97. The van der Waals surface area contributed by atoms with Crippen LogP contribution in [0, 0.1) is 17.8 Å². The Morgan fingerprint density at radius 2 is 2.33 bits per heavy atom. The van der Waals surface area contributed by atoms with Crippen molar-refractivity contribution in [2.24, 2.45) is 5.92 Å². The number of hydrogen-bond acceptors (Lipinski definition) is 2. The van der Waals surface area contributed by atoms with Crippen LogP contribution in [0.2, 0.25) is 0 Å². The lowest BCUT2D eigenvalue weighted by Crippen LogP contribution is -2.27. The maximum atomic E-state index is 9.47. The van der Waals surface area contributed by atoms with E-state index in [0.717, 1.165) is 25.9 Å². The molecule has 2 unspecified atom stereocenters. The third-order valence-electron chi connectivity index (χ3n) is 2.42. The van der Waals surface area contributed by atoms with Crippen molar-refractivity contribution in [2.75, 3.05) is 13.1 Å².